The van der Waals surface area contributed by atoms with Crippen molar-refractivity contribution in [2.75, 3.05) is 11.4 Å². The maximum Gasteiger partial charge on any atom is 0.227 e. The van der Waals surface area contributed by atoms with E-state index in [1.807, 2.05) is 53.4 Å². The van der Waals surface area contributed by atoms with Crippen molar-refractivity contribution in [3.63, 3.8) is 0 Å². The molecule has 4 heteroatoms. The molecule has 0 aliphatic carbocycles. The highest BCUT2D eigenvalue weighted by Gasteiger charge is 2.35. The monoisotopic (exact) mass is 367 g/mol. The van der Waals surface area contributed by atoms with Gasteiger partial charge >= 0.3 is 0 Å². The fourth-order valence-electron chi connectivity index (χ4n) is 4.28. The third kappa shape index (κ3) is 2.61. The average molecular weight is 367 g/mol. The van der Waals surface area contributed by atoms with E-state index in [0.717, 1.165) is 33.3 Å². The Balaban J connectivity index is 1.56. The van der Waals surface area contributed by atoms with Crippen molar-refractivity contribution in [2.24, 2.45) is 0 Å². The molecule has 1 aromatic heterocycles. The second-order valence-corrected chi connectivity index (χ2v) is 7.26. The van der Waals surface area contributed by atoms with Crippen molar-refractivity contribution in [3.8, 4) is 0 Å². The van der Waals surface area contributed by atoms with Gasteiger partial charge in [-0.1, -0.05) is 54.6 Å². The number of hydrogen-bond donors (Lipinski definition) is 0. The normalized spacial score (nSPS) is 16.9. The van der Waals surface area contributed by atoms with Gasteiger partial charge in [0.25, 0.3) is 0 Å². The Kier molecular flexibility index (Phi) is 3.97. The van der Waals surface area contributed by atoms with Gasteiger partial charge in [0.1, 0.15) is 5.82 Å². The Morgan fingerprint density at radius 1 is 1.04 bits per heavy atom. The molecule has 0 spiro atoms. The van der Waals surface area contributed by atoms with Crippen LogP contribution in [0.15, 0.2) is 79.4 Å². The van der Waals surface area contributed by atoms with Gasteiger partial charge in [0.15, 0.2) is 0 Å². The summed E-state index contributed by atoms with van der Waals surface area (Å²) in [5, 5.41) is 2.26. The molecule has 3 aromatic carbocycles. The van der Waals surface area contributed by atoms with E-state index in [1.165, 1.54) is 0 Å². The Morgan fingerprint density at radius 2 is 1.82 bits per heavy atom. The van der Waals surface area contributed by atoms with Crippen molar-refractivity contribution in [2.45, 2.75) is 18.9 Å². The molecule has 0 saturated carbocycles. The van der Waals surface area contributed by atoms with E-state index in [-0.39, 0.29) is 11.8 Å². The van der Waals surface area contributed by atoms with E-state index in [2.05, 4.69) is 35.4 Å². The summed E-state index contributed by atoms with van der Waals surface area (Å²) in [6, 6.07) is 22.5. The quantitative estimate of drug-likeness (QED) is 0.481. The second-order valence-electron chi connectivity index (χ2n) is 7.26. The maximum atomic E-state index is 13.0. The fraction of sp³-hybridized carbons (Fsp3) is 0.167. The van der Waals surface area contributed by atoms with Crippen LogP contribution in [-0.4, -0.2) is 22.0 Å². The van der Waals surface area contributed by atoms with Gasteiger partial charge < -0.3 is 9.47 Å². The molecule has 1 aliphatic heterocycles. The molecule has 4 aromatic rings. The number of allylic oxidation sites excluding steroid dienone is 1. The lowest BCUT2D eigenvalue weighted by molar-refractivity contribution is -0.117. The number of rotatable bonds is 4. The van der Waals surface area contributed by atoms with E-state index in [0.29, 0.717) is 19.5 Å². The van der Waals surface area contributed by atoms with Crippen molar-refractivity contribution in [1.82, 2.24) is 9.55 Å². The number of amides is 1. The highest BCUT2D eigenvalue weighted by atomic mass is 16.2. The molecule has 138 valence electrons. The maximum absolute atomic E-state index is 13.0. The molecular weight excluding hydrogens is 346 g/mol. The number of imidazole rings is 1. The van der Waals surface area contributed by atoms with Crippen LogP contribution in [0, 0.1) is 0 Å². The molecule has 5 rings (SSSR count). The third-order valence-corrected chi connectivity index (χ3v) is 5.54. The summed E-state index contributed by atoms with van der Waals surface area (Å²) in [7, 11) is 0. The minimum absolute atomic E-state index is 0.0684. The van der Waals surface area contributed by atoms with Crippen LogP contribution in [0.4, 0.5) is 5.69 Å². The van der Waals surface area contributed by atoms with E-state index < -0.39 is 0 Å². The van der Waals surface area contributed by atoms with Crippen LogP contribution in [0.1, 0.15) is 18.2 Å². The molecule has 1 saturated heterocycles. The van der Waals surface area contributed by atoms with E-state index in [4.69, 9.17) is 4.98 Å². The van der Waals surface area contributed by atoms with E-state index >= 15 is 0 Å². The Bertz CT molecular complexity index is 1200. The van der Waals surface area contributed by atoms with Crippen molar-refractivity contribution in [3.05, 3.63) is 85.2 Å². The summed E-state index contributed by atoms with van der Waals surface area (Å²) in [6.07, 6.45) is 2.36. The van der Waals surface area contributed by atoms with Gasteiger partial charge in [-0.2, -0.15) is 0 Å². The molecule has 1 unspecified atom stereocenters. The predicted molar refractivity (Wildman–Crippen MR) is 114 cm³/mol. The van der Waals surface area contributed by atoms with E-state index in [1.54, 1.807) is 0 Å². The van der Waals surface area contributed by atoms with Crippen LogP contribution in [0.3, 0.4) is 0 Å². The molecule has 1 aliphatic rings. The summed E-state index contributed by atoms with van der Waals surface area (Å²) < 4.78 is 2.19. The lowest BCUT2D eigenvalue weighted by Gasteiger charge is -2.19. The smallest absolute Gasteiger partial charge is 0.227 e. The number of para-hydroxylation sites is 2. The lowest BCUT2D eigenvalue weighted by Crippen LogP contribution is -2.24. The first-order chi connectivity index (χ1) is 13.8. The van der Waals surface area contributed by atoms with Crippen molar-refractivity contribution >= 4 is 33.4 Å². The first-order valence-corrected chi connectivity index (χ1v) is 9.60. The average Bonchev–Trinajstić information content (AvgIpc) is 3.29. The number of anilines is 1. The minimum Gasteiger partial charge on any atom is -0.324 e. The minimum atomic E-state index is 0.0684. The predicted octanol–water partition coefficient (Wildman–Crippen LogP) is 4.90. The van der Waals surface area contributed by atoms with Crippen LogP contribution in [0.5, 0.6) is 0 Å². The van der Waals surface area contributed by atoms with Crippen molar-refractivity contribution < 1.29 is 4.79 Å². The standard InChI is InChI=1S/C24H21N3O/c1-2-14-26-22-12-6-5-11-20(22)25-24(26)18-15-23(28)27(16-18)21-13-7-9-17-8-3-4-10-19(17)21/h2-13,18H,1,14-16H2. The van der Waals surface area contributed by atoms with E-state index in [9.17, 15) is 4.79 Å². The topological polar surface area (TPSA) is 38.1 Å². The summed E-state index contributed by atoms with van der Waals surface area (Å²) in [5.41, 5.74) is 3.04. The van der Waals surface area contributed by atoms with Crippen LogP contribution in [0.2, 0.25) is 0 Å². The number of nitrogens with zero attached hydrogens (tertiary/aromatic N) is 3. The summed E-state index contributed by atoms with van der Waals surface area (Å²) in [6.45, 7) is 5.23. The van der Waals surface area contributed by atoms with Crippen LogP contribution in [-0.2, 0) is 11.3 Å². The zero-order chi connectivity index (χ0) is 19.1. The molecule has 1 amide bonds. The van der Waals surface area contributed by atoms with Gasteiger partial charge in [-0.05, 0) is 23.6 Å². The first-order valence-electron chi connectivity index (χ1n) is 9.60. The van der Waals surface area contributed by atoms with Gasteiger partial charge in [-0.3, -0.25) is 4.79 Å². The number of carbonyl (C=O) groups excluding carboxylic acids is 1. The molecule has 0 radical (unpaired) electrons. The molecule has 1 fully saturated rings. The SMILES string of the molecule is C=CCn1c(C2CC(=O)N(c3cccc4ccccc34)C2)nc2ccccc21. The number of benzene rings is 3. The van der Waals surface area contributed by atoms with Crippen molar-refractivity contribution in [1.29, 1.82) is 0 Å². The van der Waals surface area contributed by atoms with Crippen LogP contribution >= 0.6 is 0 Å². The zero-order valence-electron chi connectivity index (χ0n) is 15.6. The molecule has 0 bridgehead atoms. The Morgan fingerprint density at radius 3 is 2.71 bits per heavy atom. The summed E-state index contributed by atoms with van der Waals surface area (Å²) >= 11 is 0. The van der Waals surface area contributed by atoms with Gasteiger partial charge in [-0.25, -0.2) is 4.98 Å². The summed E-state index contributed by atoms with van der Waals surface area (Å²) in [5.74, 6) is 1.19. The third-order valence-electron chi connectivity index (χ3n) is 5.54. The van der Waals surface area contributed by atoms with Gasteiger partial charge in [0, 0.05) is 30.8 Å². The highest BCUT2D eigenvalue weighted by Crippen LogP contribution is 2.36. The fourth-order valence-corrected chi connectivity index (χ4v) is 4.28. The molecule has 1 atom stereocenters. The first kappa shape index (κ1) is 16.8. The number of aromatic nitrogens is 2. The zero-order valence-corrected chi connectivity index (χ0v) is 15.6. The lowest BCUT2D eigenvalue weighted by atomic mass is 10.1. The van der Waals surface area contributed by atoms with Gasteiger partial charge in [-0.15, -0.1) is 6.58 Å². The molecule has 28 heavy (non-hydrogen) atoms. The number of carbonyl (C=O) groups is 1. The number of fused-ring (bicyclic) bond motifs is 2. The van der Waals surface area contributed by atoms with Gasteiger partial charge in [0.2, 0.25) is 5.91 Å². The molecular formula is C24H21N3O. The second kappa shape index (κ2) is 6.64. The number of hydrogen-bond acceptors (Lipinski definition) is 2. The largest absolute Gasteiger partial charge is 0.324 e. The Labute approximate surface area is 163 Å². The molecule has 0 N–H and O–H groups in total. The summed E-state index contributed by atoms with van der Waals surface area (Å²) in [4.78, 5) is 19.8. The molecule has 2 heterocycles. The molecule has 4 nitrogen and oxygen atoms in total. The van der Waals surface area contributed by atoms with Crippen LogP contribution < -0.4 is 4.90 Å². The highest BCUT2D eigenvalue weighted by molar-refractivity contribution is 6.05. The Hall–Kier alpha value is -3.40. The van der Waals surface area contributed by atoms with Gasteiger partial charge in [0.05, 0.1) is 16.7 Å². The van der Waals surface area contributed by atoms with Crippen LogP contribution in [0.25, 0.3) is 21.8 Å².